The Morgan fingerprint density at radius 3 is 2.33 bits per heavy atom. The third-order valence-corrected chi connectivity index (χ3v) is 5.23. The molecule has 0 heterocycles. The molecular weight excluding hydrogens is 329 g/mol. The monoisotopic (exact) mass is 344 g/mol. The van der Waals surface area contributed by atoms with Crippen LogP contribution in [0.2, 0.25) is 5.02 Å². The average Bonchev–Trinajstić information content (AvgIpc) is 2.35. The highest BCUT2D eigenvalue weighted by Crippen LogP contribution is 2.29. The van der Waals surface area contributed by atoms with Gasteiger partial charge in [0, 0.05) is 12.6 Å². The van der Waals surface area contributed by atoms with E-state index in [4.69, 9.17) is 17.3 Å². The zero-order chi connectivity index (χ0) is 16.4. The van der Waals surface area contributed by atoms with Crippen molar-refractivity contribution in [3.63, 3.8) is 0 Å². The van der Waals surface area contributed by atoms with E-state index in [1.54, 1.807) is 0 Å². The summed E-state index contributed by atoms with van der Waals surface area (Å²) in [4.78, 5) is -0.370. The van der Waals surface area contributed by atoms with Gasteiger partial charge >= 0.3 is 6.18 Å². The Kier molecular flexibility index (Phi) is 5.65. The van der Waals surface area contributed by atoms with Gasteiger partial charge in [0.15, 0.2) is 0 Å². The predicted molar refractivity (Wildman–Crippen MR) is 74.4 cm³/mol. The highest BCUT2D eigenvalue weighted by molar-refractivity contribution is 7.89. The van der Waals surface area contributed by atoms with E-state index in [0.717, 1.165) is 0 Å². The van der Waals surface area contributed by atoms with Crippen LogP contribution in [-0.2, 0) is 16.6 Å². The fourth-order valence-electron chi connectivity index (χ4n) is 1.72. The Labute approximate surface area is 126 Å². The normalized spacial score (nSPS) is 13.2. The lowest BCUT2D eigenvalue weighted by atomic mass is 10.2. The molecule has 0 atom stereocenters. The van der Waals surface area contributed by atoms with Gasteiger partial charge in [-0.25, -0.2) is 8.42 Å². The molecule has 9 heteroatoms. The SMILES string of the molecule is CC(C)N(CC(F)(F)F)S(=O)(=O)c1cc(CN)ccc1Cl. The molecule has 2 N–H and O–H groups in total. The Bertz CT molecular complexity index is 603. The summed E-state index contributed by atoms with van der Waals surface area (Å²) in [6, 6.07) is 3.16. The molecule has 0 aliphatic rings. The molecule has 1 aromatic carbocycles. The Balaban J connectivity index is 3.36. The molecule has 0 saturated heterocycles. The Morgan fingerprint density at radius 2 is 1.90 bits per heavy atom. The van der Waals surface area contributed by atoms with E-state index in [-0.39, 0.29) is 16.5 Å². The smallest absolute Gasteiger partial charge is 0.326 e. The fraction of sp³-hybridized carbons (Fsp3) is 0.500. The molecule has 0 radical (unpaired) electrons. The highest BCUT2D eigenvalue weighted by Gasteiger charge is 2.39. The van der Waals surface area contributed by atoms with Crippen molar-refractivity contribution in [2.75, 3.05) is 6.54 Å². The maximum absolute atomic E-state index is 12.6. The molecule has 0 aliphatic heterocycles. The summed E-state index contributed by atoms with van der Waals surface area (Å²) >= 11 is 5.83. The topological polar surface area (TPSA) is 63.4 Å². The lowest BCUT2D eigenvalue weighted by Crippen LogP contribution is -2.43. The number of hydrogen-bond acceptors (Lipinski definition) is 3. The second-order valence-electron chi connectivity index (χ2n) is 4.73. The van der Waals surface area contributed by atoms with E-state index in [1.165, 1.54) is 32.0 Å². The van der Waals surface area contributed by atoms with E-state index in [1.807, 2.05) is 0 Å². The van der Waals surface area contributed by atoms with Crippen LogP contribution in [0.4, 0.5) is 13.2 Å². The van der Waals surface area contributed by atoms with Crippen LogP contribution in [0.5, 0.6) is 0 Å². The number of rotatable bonds is 5. The number of nitrogens with two attached hydrogens (primary N) is 1. The van der Waals surface area contributed by atoms with Crippen molar-refractivity contribution in [3.05, 3.63) is 28.8 Å². The van der Waals surface area contributed by atoms with Crippen LogP contribution < -0.4 is 5.73 Å². The molecule has 1 rings (SSSR count). The summed E-state index contributed by atoms with van der Waals surface area (Å²) in [5.41, 5.74) is 5.88. The first-order valence-corrected chi connectivity index (χ1v) is 7.88. The van der Waals surface area contributed by atoms with Crippen molar-refractivity contribution >= 4 is 21.6 Å². The number of benzene rings is 1. The molecule has 0 unspecified atom stereocenters. The number of sulfonamides is 1. The highest BCUT2D eigenvalue weighted by atomic mass is 35.5. The fourth-order valence-corrected chi connectivity index (χ4v) is 3.87. The molecule has 120 valence electrons. The first kappa shape index (κ1) is 18.2. The van der Waals surface area contributed by atoms with Gasteiger partial charge in [0.05, 0.1) is 5.02 Å². The van der Waals surface area contributed by atoms with Gasteiger partial charge in [0.25, 0.3) is 0 Å². The second kappa shape index (κ2) is 6.51. The van der Waals surface area contributed by atoms with Crippen molar-refractivity contribution in [3.8, 4) is 0 Å². The van der Waals surface area contributed by atoms with Crippen LogP contribution in [0.1, 0.15) is 19.4 Å². The molecular formula is C12H16ClF3N2O2S. The van der Waals surface area contributed by atoms with E-state index in [9.17, 15) is 21.6 Å². The van der Waals surface area contributed by atoms with E-state index >= 15 is 0 Å². The largest absolute Gasteiger partial charge is 0.402 e. The minimum Gasteiger partial charge on any atom is -0.326 e. The molecule has 0 aromatic heterocycles. The Hall–Kier alpha value is -0.830. The molecule has 0 fully saturated rings. The van der Waals surface area contributed by atoms with Gasteiger partial charge in [-0.3, -0.25) is 0 Å². The van der Waals surface area contributed by atoms with Gasteiger partial charge in [-0.2, -0.15) is 17.5 Å². The van der Waals surface area contributed by atoms with Crippen LogP contribution >= 0.6 is 11.6 Å². The summed E-state index contributed by atoms with van der Waals surface area (Å²) in [6.45, 7) is 1.21. The third kappa shape index (κ3) is 4.57. The first-order chi connectivity index (χ1) is 9.49. The van der Waals surface area contributed by atoms with Crippen molar-refractivity contribution in [1.29, 1.82) is 0 Å². The molecule has 0 spiro atoms. The van der Waals surface area contributed by atoms with Gasteiger partial charge in [0.1, 0.15) is 11.4 Å². The summed E-state index contributed by atoms with van der Waals surface area (Å²) < 4.78 is 63.0. The minimum absolute atomic E-state index is 0.0562. The zero-order valence-corrected chi connectivity index (χ0v) is 13.1. The summed E-state index contributed by atoms with van der Waals surface area (Å²) in [6.07, 6.45) is -4.64. The van der Waals surface area contributed by atoms with Crippen molar-refractivity contribution in [2.45, 2.75) is 37.5 Å². The van der Waals surface area contributed by atoms with Gasteiger partial charge in [-0.1, -0.05) is 17.7 Å². The lowest BCUT2D eigenvalue weighted by molar-refractivity contribution is -0.138. The van der Waals surface area contributed by atoms with Crippen LogP contribution in [0, 0.1) is 0 Å². The molecule has 0 amide bonds. The summed E-state index contributed by atoms with van der Waals surface area (Å²) in [7, 11) is -4.37. The van der Waals surface area contributed by atoms with Crippen molar-refractivity contribution in [1.82, 2.24) is 4.31 Å². The molecule has 0 saturated carbocycles. The minimum atomic E-state index is -4.64. The van der Waals surface area contributed by atoms with Gasteiger partial charge in [-0.05, 0) is 31.5 Å². The van der Waals surface area contributed by atoms with Gasteiger partial charge < -0.3 is 5.73 Å². The average molecular weight is 345 g/mol. The van der Waals surface area contributed by atoms with Crippen LogP contribution in [-0.4, -0.2) is 31.5 Å². The quantitative estimate of drug-likeness (QED) is 0.893. The van der Waals surface area contributed by atoms with Crippen molar-refractivity contribution < 1.29 is 21.6 Å². The van der Waals surface area contributed by atoms with Gasteiger partial charge in [0.2, 0.25) is 10.0 Å². The molecule has 0 aliphatic carbocycles. The maximum atomic E-state index is 12.6. The van der Waals surface area contributed by atoms with Crippen LogP contribution in [0.3, 0.4) is 0 Å². The number of nitrogens with zero attached hydrogens (tertiary/aromatic N) is 1. The number of alkyl halides is 3. The van der Waals surface area contributed by atoms with E-state index in [0.29, 0.717) is 9.87 Å². The van der Waals surface area contributed by atoms with Crippen LogP contribution in [0.25, 0.3) is 0 Å². The summed E-state index contributed by atoms with van der Waals surface area (Å²) in [5, 5.41) is -0.139. The standard InChI is InChI=1S/C12H16ClF3N2O2S/c1-8(2)18(7-12(14,15)16)21(19,20)11-5-9(6-17)3-4-10(11)13/h3-5,8H,6-7,17H2,1-2H3. The molecule has 1 aromatic rings. The number of hydrogen-bond donors (Lipinski definition) is 1. The lowest BCUT2D eigenvalue weighted by Gasteiger charge is -2.27. The zero-order valence-electron chi connectivity index (χ0n) is 11.5. The number of halogens is 4. The maximum Gasteiger partial charge on any atom is 0.402 e. The Morgan fingerprint density at radius 1 is 1.33 bits per heavy atom. The van der Waals surface area contributed by atoms with Crippen LogP contribution in [0.15, 0.2) is 23.1 Å². The van der Waals surface area contributed by atoms with Gasteiger partial charge in [-0.15, -0.1) is 0 Å². The predicted octanol–water partition coefficient (Wildman–Crippen LogP) is 2.76. The van der Waals surface area contributed by atoms with Crippen molar-refractivity contribution in [2.24, 2.45) is 5.73 Å². The molecule has 4 nitrogen and oxygen atoms in total. The van der Waals surface area contributed by atoms with E-state index < -0.39 is 28.8 Å². The molecule has 21 heavy (non-hydrogen) atoms. The summed E-state index contributed by atoms with van der Waals surface area (Å²) in [5.74, 6) is 0. The molecule has 0 bridgehead atoms. The van der Waals surface area contributed by atoms with E-state index in [2.05, 4.69) is 0 Å². The third-order valence-electron chi connectivity index (χ3n) is 2.73. The first-order valence-electron chi connectivity index (χ1n) is 6.06. The second-order valence-corrected chi connectivity index (χ2v) is 6.99.